The minimum atomic E-state index is -0.00104. The van der Waals surface area contributed by atoms with Gasteiger partial charge in [-0.2, -0.15) is 0 Å². The molecule has 2 aromatic carbocycles. The average molecular weight is 352 g/mol. The van der Waals surface area contributed by atoms with Gasteiger partial charge in [0.2, 0.25) is 5.91 Å². The molecule has 0 spiro atoms. The Morgan fingerprint density at radius 3 is 2.50 bits per heavy atom. The zero-order chi connectivity index (χ0) is 17.9. The Morgan fingerprint density at radius 1 is 1.00 bits per heavy atom. The van der Waals surface area contributed by atoms with Gasteiger partial charge in [-0.15, -0.1) is 0 Å². The number of hydrogen-bond acceptors (Lipinski definition) is 4. The van der Waals surface area contributed by atoms with E-state index in [1.165, 1.54) is 0 Å². The highest BCUT2D eigenvalue weighted by Gasteiger charge is 2.29. The van der Waals surface area contributed by atoms with Gasteiger partial charge in [-0.25, -0.2) is 0 Å². The molecule has 1 N–H and O–H groups in total. The Bertz CT molecular complexity index is 767. The summed E-state index contributed by atoms with van der Waals surface area (Å²) in [6.07, 6.45) is 1.53. The lowest BCUT2D eigenvalue weighted by atomic mass is 9.95. The maximum atomic E-state index is 13.0. The van der Waals surface area contributed by atoms with E-state index in [1.807, 2.05) is 35.2 Å². The van der Waals surface area contributed by atoms with Gasteiger partial charge in [0, 0.05) is 37.8 Å². The Labute approximate surface area is 153 Å². The van der Waals surface area contributed by atoms with E-state index in [-0.39, 0.29) is 17.6 Å². The van der Waals surface area contributed by atoms with Gasteiger partial charge in [0.15, 0.2) is 0 Å². The molecule has 0 bridgehead atoms. The van der Waals surface area contributed by atoms with Crippen molar-refractivity contribution in [2.45, 2.75) is 12.8 Å². The van der Waals surface area contributed by atoms with Crippen LogP contribution in [0.2, 0.25) is 0 Å². The minimum Gasteiger partial charge on any atom is -0.508 e. The van der Waals surface area contributed by atoms with Crippen LogP contribution in [0.4, 0.5) is 5.69 Å². The van der Waals surface area contributed by atoms with Gasteiger partial charge in [-0.05, 0) is 48.7 Å². The molecule has 1 atom stereocenters. The molecule has 1 fully saturated rings. The number of amides is 1. The van der Waals surface area contributed by atoms with Crippen LogP contribution in [0.25, 0.3) is 0 Å². The number of nitrogens with zero attached hydrogens (tertiary/aromatic N) is 2. The highest BCUT2D eigenvalue weighted by atomic mass is 16.5. The number of carbonyl (C=O) groups excluding carboxylic acids is 1. The second kappa shape index (κ2) is 7.28. The first kappa shape index (κ1) is 16.8. The summed E-state index contributed by atoms with van der Waals surface area (Å²) in [5, 5.41) is 9.43. The molecule has 2 heterocycles. The molecule has 2 aliphatic heterocycles. The van der Waals surface area contributed by atoms with Crippen LogP contribution in [-0.4, -0.2) is 48.7 Å². The molecule has 1 saturated heterocycles. The molecule has 0 aromatic heterocycles. The molecule has 0 unspecified atom stereocenters. The average Bonchev–Trinajstić information content (AvgIpc) is 2.91. The number of anilines is 1. The predicted octanol–water partition coefficient (Wildman–Crippen LogP) is 2.68. The number of hydrogen-bond donors (Lipinski definition) is 1. The fourth-order valence-electron chi connectivity index (χ4n) is 3.81. The van der Waals surface area contributed by atoms with Gasteiger partial charge in [0.25, 0.3) is 0 Å². The molecular weight excluding hydrogens is 328 g/mol. The van der Waals surface area contributed by atoms with Gasteiger partial charge in [-0.1, -0.05) is 18.2 Å². The van der Waals surface area contributed by atoms with Crippen LogP contribution in [0.5, 0.6) is 11.5 Å². The van der Waals surface area contributed by atoms with E-state index in [4.69, 9.17) is 4.74 Å². The molecule has 0 aliphatic carbocycles. The van der Waals surface area contributed by atoms with Crippen LogP contribution in [0.3, 0.4) is 0 Å². The molecule has 26 heavy (non-hydrogen) atoms. The third-order valence-electron chi connectivity index (χ3n) is 5.32. The van der Waals surface area contributed by atoms with Gasteiger partial charge in [-0.3, -0.25) is 4.79 Å². The van der Waals surface area contributed by atoms with Crippen molar-refractivity contribution in [3.05, 3.63) is 54.1 Å². The Morgan fingerprint density at radius 2 is 1.73 bits per heavy atom. The van der Waals surface area contributed by atoms with Crippen molar-refractivity contribution in [1.82, 2.24) is 4.90 Å². The maximum absolute atomic E-state index is 13.0. The summed E-state index contributed by atoms with van der Waals surface area (Å²) in [6.45, 7) is 3.70. The summed E-state index contributed by atoms with van der Waals surface area (Å²) in [7, 11) is 0. The molecular formula is C21H24N2O3. The molecule has 4 rings (SSSR count). The molecule has 136 valence electrons. The van der Waals surface area contributed by atoms with Crippen LogP contribution in [-0.2, 0) is 11.2 Å². The van der Waals surface area contributed by atoms with Crippen molar-refractivity contribution >= 4 is 11.6 Å². The van der Waals surface area contributed by atoms with E-state index in [1.54, 1.807) is 12.1 Å². The Hall–Kier alpha value is -2.69. The fourth-order valence-corrected chi connectivity index (χ4v) is 3.81. The number of carbonyl (C=O) groups is 1. The van der Waals surface area contributed by atoms with Crippen molar-refractivity contribution < 1.29 is 14.6 Å². The zero-order valence-corrected chi connectivity index (χ0v) is 14.8. The van der Waals surface area contributed by atoms with Crippen molar-refractivity contribution in [2.75, 3.05) is 37.7 Å². The van der Waals surface area contributed by atoms with Crippen molar-refractivity contribution in [3.63, 3.8) is 0 Å². The lowest BCUT2D eigenvalue weighted by molar-refractivity contribution is -0.136. The minimum absolute atomic E-state index is 0.00104. The summed E-state index contributed by atoms with van der Waals surface area (Å²) < 4.78 is 5.80. The molecule has 5 nitrogen and oxygen atoms in total. The number of benzene rings is 2. The largest absolute Gasteiger partial charge is 0.508 e. The van der Waals surface area contributed by atoms with Crippen LogP contribution in [0.1, 0.15) is 12.0 Å². The van der Waals surface area contributed by atoms with Crippen LogP contribution < -0.4 is 9.64 Å². The Kier molecular flexibility index (Phi) is 4.69. The third-order valence-corrected chi connectivity index (χ3v) is 5.32. The molecule has 0 radical (unpaired) electrons. The highest BCUT2D eigenvalue weighted by molar-refractivity contribution is 5.79. The molecule has 5 heteroatoms. The number of ether oxygens (including phenoxy) is 1. The predicted molar refractivity (Wildman–Crippen MR) is 101 cm³/mol. The third kappa shape index (κ3) is 3.47. The summed E-state index contributed by atoms with van der Waals surface area (Å²) in [4.78, 5) is 17.3. The van der Waals surface area contributed by atoms with Gasteiger partial charge in [0.05, 0.1) is 6.61 Å². The smallest absolute Gasteiger partial charge is 0.226 e. The van der Waals surface area contributed by atoms with E-state index in [2.05, 4.69) is 11.0 Å². The van der Waals surface area contributed by atoms with Crippen molar-refractivity contribution in [1.29, 1.82) is 0 Å². The molecule has 1 amide bonds. The number of para-hydroxylation sites is 1. The first-order chi connectivity index (χ1) is 12.7. The molecule has 2 aliphatic rings. The summed E-state index contributed by atoms with van der Waals surface area (Å²) in [5.74, 6) is 1.44. The highest BCUT2D eigenvalue weighted by Crippen LogP contribution is 2.28. The molecule has 2 aromatic rings. The van der Waals surface area contributed by atoms with E-state index < -0.39 is 0 Å². The number of phenolic OH excluding ortho intramolecular Hbond substituents is 1. The fraction of sp³-hybridized carbons (Fsp3) is 0.381. The van der Waals surface area contributed by atoms with Gasteiger partial charge >= 0.3 is 0 Å². The van der Waals surface area contributed by atoms with Crippen molar-refractivity contribution in [2.24, 2.45) is 5.92 Å². The lowest BCUT2D eigenvalue weighted by Crippen LogP contribution is -2.50. The van der Waals surface area contributed by atoms with Crippen molar-refractivity contribution in [3.8, 4) is 11.5 Å². The first-order valence-corrected chi connectivity index (χ1v) is 9.24. The topological polar surface area (TPSA) is 53.0 Å². The standard InChI is InChI=1S/C21H24N2O3/c24-19-7-5-18(6-8-19)22-10-12-23(13-11-22)21(25)17-9-14-26-20-4-2-1-3-16(20)15-17/h1-8,17,24H,9-15H2/t17-/m0/s1. The monoisotopic (exact) mass is 352 g/mol. The molecule has 0 saturated carbocycles. The van der Waals surface area contributed by atoms with Gasteiger partial charge < -0.3 is 19.6 Å². The van der Waals surface area contributed by atoms with Crippen LogP contribution in [0.15, 0.2) is 48.5 Å². The van der Waals surface area contributed by atoms with Gasteiger partial charge in [0.1, 0.15) is 11.5 Å². The maximum Gasteiger partial charge on any atom is 0.226 e. The van der Waals surface area contributed by atoms with E-state index in [0.29, 0.717) is 6.61 Å². The first-order valence-electron chi connectivity index (χ1n) is 9.24. The summed E-state index contributed by atoms with van der Waals surface area (Å²) in [5.41, 5.74) is 2.22. The van der Waals surface area contributed by atoms with E-state index in [9.17, 15) is 9.90 Å². The quantitative estimate of drug-likeness (QED) is 0.903. The van der Waals surface area contributed by atoms with E-state index >= 15 is 0 Å². The number of phenols is 1. The summed E-state index contributed by atoms with van der Waals surface area (Å²) in [6, 6.07) is 15.3. The second-order valence-electron chi connectivity index (χ2n) is 6.97. The summed E-state index contributed by atoms with van der Waals surface area (Å²) >= 11 is 0. The number of aromatic hydroxyl groups is 1. The Balaban J connectivity index is 1.38. The zero-order valence-electron chi connectivity index (χ0n) is 14.8. The number of rotatable bonds is 2. The van der Waals surface area contributed by atoms with Crippen LogP contribution in [0, 0.1) is 5.92 Å². The number of piperazine rings is 1. The normalized spacial score (nSPS) is 20.1. The second-order valence-corrected chi connectivity index (χ2v) is 6.97. The number of fused-ring (bicyclic) bond motifs is 1. The van der Waals surface area contributed by atoms with E-state index in [0.717, 1.165) is 56.0 Å². The SMILES string of the molecule is O=C([C@H]1CCOc2ccccc2C1)N1CCN(c2ccc(O)cc2)CC1. The lowest BCUT2D eigenvalue weighted by Gasteiger charge is -2.37. The van der Waals surface area contributed by atoms with Crippen LogP contribution >= 0.6 is 0 Å².